The second-order valence-electron chi connectivity index (χ2n) is 4.86. The molecule has 5 heteroatoms. The monoisotopic (exact) mass is 240 g/mol. The second-order valence-corrected chi connectivity index (χ2v) is 4.86. The maximum absolute atomic E-state index is 5.49. The van der Waals surface area contributed by atoms with Gasteiger partial charge in [0.2, 0.25) is 0 Å². The van der Waals surface area contributed by atoms with Crippen molar-refractivity contribution in [1.29, 1.82) is 0 Å². The van der Waals surface area contributed by atoms with Crippen LogP contribution in [0.3, 0.4) is 0 Å². The van der Waals surface area contributed by atoms with E-state index in [1.807, 2.05) is 4.68 Å². The van der Waals surface area contributed by atoms with E-state index in [0.717, 1.165) is 32.1 Å². The van der Waals surface area contributed by atoms with Crippen LogP contribution in [0.4, 0.5) is 0 Å². The zero-order chi connectivity index (χ0) is 12.7. The highest BCUT2D eigenvalue weighted by atomic mass is 16.5. The fourth-order valence-electron chi connectivity index (χ4n) is 1.50. The normalized spacial score (nSPS) is 11.6. The van der Waals surface area contributed by atoms with Crippen molar-refractivity contribution in [2.45, 2.75) is 40.3 Å². The van der Waals surface area contributed by atoms with Crippen LogP contribution in [0.2, 0.25) is 0 Å². The van der Waals surface area contributed by atoms with Gasteiger partial charge in [0, 0.05) is 19.2 Å². The molecule has 0 atom stereocenters. The van der Waals surface area contributed by atoms with Crippen LogP contribution in [-0.2, 0) is 11.3 Å². The van der Waals surface area contributed by atoms with Crippen LogP contribution in [0.15, 0.2) is 6.33 Å². The third-order valence-corrected chi connectivity index (χ3v) is 2.29. The Hall–Kier alpha value is -0.940. The van der Waals surface area contributed by atoms with Crippen LogP contribution in [0.1, 0.15) is 39.6 Å². The predicted octanol–water partition coefficient (Wildman–Crippen LogP) is 1.62. The van der Waals surface area contributed by atoms with Crippen molar-refractivity contribution in [2.75, 3.05) is 19.8 Å². The zero-order valence-corrected chi connectivity index (χ0v) is 11.3. The zero-order valence-electron chi connectivity index (χ0n) is 11.3. The number of rotatable bonds is 8. The fourth-order valence-corrected chi connectivity index (χ4v) is 1.50. The Morgan fingerprint density at radius 3 is 2.76 bits per heavy atom. The highest BCUT2D eigenvalue weighted by Gasteiger charge is 2.06. The van der Waals surface area contributed by atoms with Crippen LogP contribution in [0.25, 0.3) is 0 Å². The number of hydrogen-bond donors (Lipinski definition) is 1. The first kappa shape index (κ1) is 14.1. The first-order valence-corrected chi connectivity index (χ1v) is 6.28. The molecular formula is C12H24N4O. The van der Waals surface area contributed by atoms with Crippen molar-refractivity contribution in [3.63, 3.8) is 0 Å². The Bertz CT molecular complexity index is 309. The van der Waals surface area contributed by atoms with E-state index in [9.17, 15) is 0 Å². The summed E-state index contributed by atoms with van der Waals surface area (Å²) in [4.78, 5) is 4.23. The average Bonchev–Trinajstić information content (AvgIpc) is 2.71. The minimum atomic E-state index is 0.353. The Kier molecular flexibility index (Phi) is 6.15. The van der Waals surface area contributed by atoms with E-state index in [1.54, 1.807) is 6.33 Å². The number of nitrogens with one attached hydrogen (secondary N) is 1. The van der Waals surface area contributed by atoms with E-state index in [0.29, 0.717) is 12.0 Å². The van der Waals surface area contributed by atoms with Crippen LogP contribution in [0.5, 0.6) is 0 Å². The molecule has 5 nitrogen and oxygen atoms in total. The van der Waals surface area contributed by atoms with Crippen LogP contribution in [0, 0.1) is 5.92 Å². The van der Waals surface area contributed by atoms with E-state index in [-0.39, 0.29) is 0 Å². The molecule has 0 spiro atoms. The summed E-state index contributed by atoms with van der Waals surface area (Å²) in [5.74, 6) is 1.57. The molecule has 1 rings (SSSR count). The van der Waals surface area contributed by atoms with E-state index >= 15 is 0 Å². The Balaban J connectivity index is 2.16. The summed E-state index contributed by atoms with van der Waals surface area (Å²) in [7, 11) is 0. The predicted molar refractivity (Wildman–Crippen MR) is 67.8 cm³/mol. The Morgan fingerprint density at radius 2 is 2.12 bits per heavy atom. The summed E-state index contributed by atoms with van der Waals surface area (Å²) in [6.45, 7) is 11.7. The topological polar surface area (TPSA) is 52.0 Å². The fraction of sp³-hybridized carbons (Fsp3) is 0.833. The number of aromatic nitrogens is 3. The molecular weight excluding hydrogens is 216 g/mol. The first-order valence-electron chi connectivity index (χ1n) is 6.28. The van der Waals surface area contributed by atoms with Gasteiger partial charge in [-0.2, -0.15) is 5.10 Å². The minimum absolute atomic E-state index is 0.353. The van der Waals surface area contributed by atoms with Gasteiger partial charge in [0.1, 0.15) is 12.2 Å². The van der Waals surface area contributed by atoms with Gasteiger partial charge in [-0.05, 0) is 19.8 Å². The smallest absolute Gasteiger partial charge is 0.141 e. The third kappa shape index (κ3) is 5.28. The molecule has 0 aliphatic carbocycles. The molecule has 1 N–H and O–H groups in total. The van der Waals surface area contributed by atoms with Gasteiger partial charge in [-0.3, -0.25) is 0 Å². The van der Waals surface area contributed by atoms with E-state index in [2.05, 4.69) is 43.1 Å². The van der Waals surface area contributed by atoms with Gasteiger partial charge in [-0.15, -0.1) is 0 Å². The van der Waals surface area contributed by atoms with Gasteiger partial charge in [-0.25, -0.2) is 9.67 Å². The molecule has 1 heterocycles. The highest BCUT2D eigenvalue weighted by Crippen LogP contribution is 2.04. The second kappa shape index (κ2) is 7.40. The lowest BCUT2D eigenvalue weighted by atomic mass is 10.2. The molecule has 98 valence electrons. The molecule has 0 saturated carbocycles. The maximum Gasteiger partial charge on any atom is 0.141 e. The summed E-state index contributed by atoms with van der Waals surface area (Å²) < 4.78 is 7.42. The Morgan fingerprint density at radius 1 is 1.35 bits per heavy atom. The lowest BCUT2D eigenvalue weighted by molar-refractivity contribution is 0.111. The molecule has 0 aliphatic heterocycles. The molecule has 0 amide bonds. The SMILES string of the molecule is CC(C)COCCNCc1ncnn1C(C)C. The minimum Gasteiger partial charge on any atom is -0.380 e. The standard InChI is InChI=1S/C12H24N4O/c1-10(2)8-17-6-5-13-7-12-14-9-15-16(12)11(3)4/h9-11,13H,5-8H2,1-4H3. The molecule has 0 saturated heterocycles. The molecule has 1 aromatic heterocycles. The number of hydrogen-bond acceptors (Lipinski definition) is 4. The quantitative estimate of drug-likeness (QED) is 0.702. The van der Waals surface area contributed by atoms with Crippen molar-refractivity contribution >= 4 is 0 Å². The van der Waals surface area contributed by atoms with Crippen LogP contribution in [-0.4, -0.2) is 34.5 Å². The van der Waals surface area contributed by atoms with Crippen molar-refractivity contribution in [2.24, 2.45) is 5.92 Å². The molecule has 0 aromatic carbocycles. The largest absolute Gasteiger partial charge is 0.380 e. The van der Waals surface area contributed by atoms with Gasteiger partial charge in [-0.1, -0.05) is 13.8 Å². The molecule has 0 aliphatic rings. The summed E-state index contributed by atoms with van der Waals surface area (Å²) in [5.41, 5.74) is 0. The van der Waals surface area contributed by atoms with Gasteiger partial charge in [0.05, 0.1) is 13.2 Å². The summed E-state index contributed by atoms with van der Waals surface area (Å²) in [5, 5.41) is 7.50. The first-order chi connectivity index (χ1) is 8.11. The molecule has 1 aromatic rings. The Labute approximate surface area is 104 Å². The average molecular weight is 240 g/mol. The maximum atomic E-state index is 5.49. The third-order valence-electron chi connectivity index (χ3n) is 2.29. The number of ether oxygens (including phenoxy) is 1. The van der Waals surface area contributed by atoms with E-state index in [1.165, 1.54) is 0 Å². The molecule has 0 unspecified atom stereocenters. The lowest BCUT2D eigenvalue weighted by Crippen LogP contribution is -2.23. The summed E-state index contributed by atoms with van der Waals surface area (Å²) in [6.07, 6.45) is 1.60. The summed E-state index contributed by atoms with van der Waals surface area (Å²) in [6, 6.07) is 0.353. The van der Waals surface area contributed by atoms with Crippen molar-refractivity contribution in [3.8, 4) is 0 Å². The van der Waals surface area contributed by atoms with E-state index < -0.39 is 0 Å². The molecule has 0 fully saturated rings. The highest BCUT2D eigenvalue weighted by molar-refractivity contribution is 4.85. The van der Waals surface area contributed by atoms with Gasteiger partial charge < -0.3 is 10.1 Å². The summed E-state index contributed by atoms with van der Waals surface area (Å²) >= 11 is 0. The van der Waals surface area contributed by atoms with Crippen molar-refractivity contribution < 1.29 is 4.74 Å². The molecule has 0 bridgehead atoms. The molecule has 17 heavy (non-hydrogen) atoms. The lowest BCUT2D eigenvalue weighted by Gasteiger charge is -2.10. The van der Waals surface area contributed by atoms with E-state index in [4.69, 9.17) is 4.74 Å². The molecule has 0 radical (unpaired) electrons. The van der Waals surface area contributed by atoms with Gasteiger partial charge in [0.15, 0.2) is 0 Å². The van der Waals surface area contributed by atoms with Gasteiger partial charge in [0.25, 0.3) is 0 Å². The van der Waals surface area contributed by atoms with Crippen LogP contribution < -0.4 is 5.32 Å². The van der Waals surface area contributed by atoms with Crippen LogP contribution >= 0.6 is 0 Å². The van der Waals surface area contributed by atoms with Crippen molar-refractivity contribution in [1.82, 2.24) is 20.1 Å². The number of nitrogens with zero attached hydrogens (tertiary/aromatic N) is 3. The van der Waals surface area contributed by atoms with Gasteiger partial charge >= 0.3 is 0 Å². The van der Waals surface area contributed by atoms with Crippen molar-refractivity contribution in [3.05, 3.63) is 12.2 Å².